The van der Waals surface area contributed by atoms with Crippen LogP contribution in [0.5, 0.6) is 0 Å². The quantitative estimate of drug-likeness (QED) is 0.208. The molecule has 1 saturated heterocycles. The molecule has 0 spiro atoms. The van der Waals surface area contributed by atoms with Gasteiger partial charge in [0.1, 0.15) is 18.0 Å². The van der Waals surface area contributed by atoms with Crippen molar-refractivity contribution in [2.45, 2.75) is 45.5 Å². The Morgan fingerprint density at radius 2 is 1.76 bits per heavy atom. The minimum atomic E-state index is -4.55. The SMILES string of the molecule is CCN1CCN(Cc2ccc(NC(=O)c3ccc(C)c(Nc4nccn4-c4cc(NC5CC5)ncn4)c3)cc2C(F)(F)F)CC1. The molecule has 2 aromatic carbocycles. The fourth-order valence-electron chi connectivity index (χ4n) is 5.36. The van der Waals surface area contributed by atoms with E-state index in [-0.39, 0.29) is 23.4 Å². The summed E-state index contributed by atoms with van der Waals surface area (Å²) in [6, 6.07) is 11.4. The summed E-state index contributed by atoms with van der Waals surface area (Å²) in [5.74, 6) is 1.30. The Balaban J connectivity index is 1.17. The predicted octanol–water partition coefficient (Wildman–Crippen LogP) is 5.70. The first kappa shape index (κ1) is 30.5. The molecule has 2 aromatic heterocycles. The number of nitrogens with zero attached hydrogens (tertiary/aromatic N) is 6. The summed E-state index contributed by atoms with van der Waals surface area (Å²) in [5, 5.41) is 9.28. The number of halogens is 3. The van der Waals surface area contributed by atoms with E-state index >= 15 is 0 Å². The highest BCUT2D eigenvalue weighted by Crippen LogP contribution is 2.35. The molecule has 1 amide bonds. The molecule has 236 valence electrons. The minimum absolute atomic E-state index is 0.0804. The van der Waals surface area contributed by atoms with Crippen LogP contribution in [0, 0.1) is 6.92 Å². The monoisotopic (exact) mass is 619 g/mol. The average Bonchev–Trinajstić information content (AvgIpc) is 3.72. The van der Waals surface area contributed by atoms with E-state index in [4.69, 9.17) is 0 Å². The molecule has 0 atom stereocenters. The molecule has 4 aromatic rings. The van der Waals surface area contributed by atoms with Crippen molar-refractivity contribution in [2.24, 2.45) is 0 Å². The van der Waals surface area contributed by atoms with Crippen LogP contribution < -0.4 is 16.0 Å². The number of benzene rings is 2. The van der Waals surface area contributed by atoms with Crippen molar-refractivity contribution in [3.63, 3.8) is 0 Å². The van der Waals surface area contributed by atoms with Gasteiger partial charge < -0.3 is 20.9 Å². The van der Waals surface area contributed by atoms with Gasteiger partial charge in [0.2, 0.25) is 5.95 Å². The second-order valence-electron chi connectivity index (χ2n) is 11.5. The molecule has 3 N–H and O–H groups in total. The van der Waals surface area contributed by atoms with E-state index in [0.717, 1.165) is 49.9 Å². The zero-order valence-corrected chi connectivity index (χ0v) is 25.2. The van der Waals surface area contributed by atoms with Gasteiger partial charge in [0, 0.05) is 74.2 Å². The number of carbonyl (C=O) groups is 1. The van der Waals surface area contributed by atoms with Gasteiger partial charge in [-0.3, -0.25) is 14.3 Å². The topological polar surface area (TPSA) is 103 Å². The van der Waals surface area contributed by atoms with Crippen LogP contribution in [0.2, 0.25) is 0 Å². The first-order valence-corrected chi connectivity index (χ1v) is 15.1. The molecule has 2 aliphatic rings. The number of alkyl halides is 3. The molecule has 6 rings (SSSR count). The fourth-order valence-corrected chi connectivity index (χ4v) is 5.36. The van der Waals surface area contributed by atoms with Gasteiger partial charge in [0.15, 0.2) is 0 Å². The maximum Gasteiger partial charge on any atom is 0.416 e. The average molecular weight is 620 g/mol. The van der Waals surface area contributed by atoms with Crippen molar-refractivity contribution in [3.05, 3.63) is 83.4 Å². The number of rotatable bonds is 10. The number of anilines is 4. The Labute approximate surface area is 259 Å². The number of aryl methyl sites for hydroxylation is 1. The molecule has 3 heterocycles. The van der Waals surface area contributed by atoms with Gasteiger partial charge in [-0.2, -0.15) is 13.2 Å². The summed E-state index contributed by atoms with van der Waals surface area (Å²) in [4.78, 5) is 30.7. The van der Waals surface area contributed by atoms with Crippen molar-refractivity contribution in [2.75, 3.05) is 48.7 Å². The Kier molecular flexibility index (Phi) is 8.72. The smallest absolute Gasteiger partial charge is 0.367 e. The molecule has 2 fully saturated rings. The van der Waals surface area contributed by atoms with Crippen LogP contribution in [0.15, 0.2) is 61.2 Å². The van der Waals surface area contributed by atoms with E-state index in [1.165, 1.54) is 18.5 Å². The zero-order chi connectivity index (χ0) is 31.6. The molecule has 45 heavy (non-hydrogen) atoms. The number of piperazine rings is 1. The van der Waals surface area contributed by atoms with Crippen LogP contribution in [0.3, 0.4) is 0 Å². The zero-order valence-electron chi connectivity index (χ0n) is 25.2. The molecule has 13 heteroatoms. The maximum atomic E-state index is 14.1. The lowest BCUT2D eigenvalue weighted by molar-refractivity contribution is -0.138. The van der Waals surface area contributed by atoms with Crippen molar-refractivity contribution < 1.29 is 18.0 Å². The highest BCUT2D eigenvalue weighted by atomic mass is 19.4. The number of nitrogens with one attached hydrogen (secondary N) is 3. The van der Waals surface area contributed by atoms with Crippen LogP contribution in [-0.2, 0) is 12.7 Å². The standard InChI is InChI=1S/C32H36F3N9O/c1-3-42-12-14-43(15-13-42)19-23-6-7-25(17-26(23)32(33,34)35)40-30(45)22-5-4-21(2)27(16-22)41-31-36-10-11-44(31)29-18-28(37-20-38-29)39-24-8-9-24/h4-7,10-11,16-18,20,24H,3,8-9,12-15,19H2,1-2H3,(H,36,41)(H,40,45)(H,37,38,39). The van der Waals surface area contributed by atoms with Gasteiger partial charge in [0.05, 0.1) is 5.56 Å². The van der Waals surface area contributed by atoms with Crippen LogP contribution in [-0.4, -0.2) is 74.0 Å². The van der Waals surface area contributed by atoms with Crippen LogP contribution in [0.4, 0.5) is 36.3 Å². The van der Waals surface area contributed by atoms with E-state index < -0.39 is 17.6 Å². The molecule has 1 aliphatic heterocycles. The van der Waals surface area contributed by atoms with Crippen molar-refractivity contribution >= 4 is 29.0 Å². The van der Waals surface area contributed by atoms with Crippen LogP contribution in [0.25, 0.3) is 5.82 Å². The highest BCUT2D eigenvalue weighted by molar-refractivity contribution is 6.05. The number of likely N-dealkylation sites (N-methyl/N-ethyl adjacent to an activating group) is 1. The van der Waals surface area contributed by atoms with E-state index in [9.17, 15) is 18.0 Å². The highest BCUT2D eigenvalue weighted by Gasteiger charge is 2.34. The van der Waals surface area contributed by atoms with Gasteiger partial charge in [-0.05, 0) is 61.7 Å². The molecular formula is C32H36F3N9O. The third-order valence-corrected chi connectivity index (χ3v) is 8.20. The number of amides is 1. The van der Waals surface area contributed by atoms with Crippen molar-refractivity contribution in [3.8, 4) is 5.82 Å². The van der Waals surface area contributed by atoms with Crippen molar-refractivity contribution in [1.29, 1.82) is 0 Å². The second kappa shape index (κ2) is 12.9. The molecule has 1 saturated carbocycles. The van der Waals surface area contributed by atoms with E-state index in [1.807, 2.05) is 17.9 Å². The number of hydrogen-bond acceptors (Lipinski definition) is 8. The third kappa shape index (κ3) is 7.43. The summed E-state index contributed by atoms with van der Waals surface area (Å²) in [6.45, 7) is 8.20. The van der Waals surface area contributed by atoms with Crippen LogP contribution >= 0.6 is 0 Å². The minimum Gasteiger partial charge on any atom is -0.367 e. The number of carbonyl (C=O) groups excluding carboxylic acids is 1. The number of hydrogen-bond donors (Lipinski definition) is 3. The van der Waals surface area contributed by atoms with Gasteiger partial charge in [-0.25, -0.2) is 15.0 Å². The number of imidazole rings is 1. The Morgan fingerprint density at radius 1 is 0.978 bits per heavy atom. The van der Waals surface area contributed by atoms with Crippen molar-refractivity contribution in [1.82, 2.24) is 29.3 Å². The first-order valence-electron chi connectivity index (χ1n) is 15.1. The molecule has 1 aliphatic carbocycles. The summed E-state index contributed by atoms with van der Waals surface area (Å²) in [5.41, 5.74) is 1.29. The predicted molar refractivity (Wildman–Crippen MR) is 167 cm³/mol. The van der Waals surface area contributed by atoms with Crippen LogP contribution in [0.1, 0.15) is 46.8 Å². The lowest BCUT2D eigenvalue weighted by atomic mass is 10.0. The maximum absolute atomic E-state index is 14.1. The molecular weight excluding hydrogens is 583 g/mol. The van der Waals surface area contributed by atoms with Gasteiger partial charge in [-0.1, -0.05) is 19.1 Å². The molecule has 10 nitrogen and oxygen atoms in total. The van der Waals surface area contributed by atoms with E-state index in [1.54, 1.807) is 35.2 Å². The molecule has 0 unspecified atom stereocenters. The lowest BCUT2D eigenvalue weighted by Gasteiger charge is -2.34. The molecule has 0 radical (unpaired) electrons. The van der Waals surface area contributed by atoms with Gasteiger partial charge in [0.25, 0.3) is 5.91 Å². The summed E-state index contributed by atoms with van der Waals surface area (Å²) >= 11 is 0. The summed E-state index contributed by atoms with van der Waals surface area (Å²) in [6.07, 6.45) is 2.58. The second-order valence-corrected chi connectivity index (χ2v) is 11.5. The normalized spacial score (nSPS) is 16.0. The number of aromatic nitrogens is 4. The van der Waals surface area contributed by atoms with E-state index in [2.05, 4.69) is 42.7 Å². The fraction of sp³-hybridized carbons (Fsp3) is 0.375. The Hall–Kier alpha value is -4.49. The van der Waals surface area contributed by atoms with E-state index in [0.29, 0.717) is 36.6 Å². The van der Waals surface area contributed by atoms with Gasteiger partial charge >= 0.3 is 6.18 Å². The Morgan fingerprint density at radius 3 is 2.49 bits per heavy atom. The summed E-state index contributed by atoms with van der Waals surface area (Å²) < 4.78 is 44.1. The lowest BCUT2D eigenvalue weighted by Crippen LogP contribution is -2.45. The third-order valence-electron chi connectivity index (χ3n) is 8.20. The summed E-state index contributed by atoms with van der Waals surface area (Å²) in [7, 11) is 0. The van der Waals surface area contributed by atoms with Gasteiger partial charge in [-0.15, -0.1) is 0 Å². The molecule has 0 bridgehead atoms. The Bertz CT molecular complexity index is 1660. The largest absolute Gasteiger partial charge is 0.416 e. The first-order chi connectivity index (χ1) is 21.7.